The van der Waals surface area contributed by atoms with Crippen molar-refractivity contribution in [3.05, 3.63) is 108 Å². The first kappa shape index (κ1) is 22.5. The highest BCUT2D eigenvalue weighted by Gasteiger charge is 2.12. The highest BCUT2D eigenvalue weighted by Crippen LogP contribution is 2.34. The van der Waals surface area contributed by atoms with Crippen molar-refractivity contribution in [1.29, 1.82) is 0 Å². The topological polar surface area (TPSA) is 51.6 Å². The Balaban J connectivity index is 1.31. The number of pyridine rings is 4. The number of rotatable bonds is 2. The molecule has 0 N–H and O–H groups in total. The van der Waals surface area contributed by atoms with Gasteiger partial charge in [0.1, 0.15) is 0 Å². The molecule has 0 aliphatic heterocycles. The van der Waals surface area contributed by atoms with Gasteiger partial charge in [-0.25, -0.2) is 0 Å². The van der Waals surface area contributed by atoms with Gasteiger partial charge in [-0.15, -0.1) is 0 Å². The molecule has 4 heterocycles. The van der Waals surface area contributed by atoms with Crippen LogP contribution in [0.15, 0.2) is 85.2 Å². The third kappa shape index (κ3) is 3.52. The number of aromatic nitrogens is 4. The second-order valence-electron chi connectivity index (χ2n) is 10.2. The molecule has 3 aromatic carbocycles. The molecule has 0 saturated carbocycles. The smallest absolute Gasteiger partial charge is 0.0970 e. The van der Waals surface area contributed by atoms with Gasteiger partial charge in [-0.3, -0.25) is 19.9 Å². The zero-order valence-corrected chi connectivity index (χ0v) is 21.9. The van der Waals surface area contributed by atoms with E-state index in [2.05, 4.69) is 86.6 Å². The molecule has 0 amide bonds. The van der Waals surface area contributed by atoms with Crippen LogP contribution in [-0.4, -0.2) is 19.9 Å². The quantitative estimate of drug-likeness (QED) is 0.228. The number of hydrogen-bond acceptors (Lipinski definition) is 4. The number of aryl methyl sites for hydroxylation is 4. The zero-order valence-electron chi connectivity index (χ0n) is 21.9. The average Bonchev–Trinajstić information content (AvgIpc) is 2.92. The Morgan fingerprint density at radius 1 is 0.474 bits per heavy atom. The van der Waals surface area contributed by atoms with Gasteiger partial charge < -0.3 is 0 Å². The molecular formula is C34H26N4. The second kappa shape index (κ2) is 8.42. The summed E-state index contributed by atoms with van der Waals surface area (Å²) < 4.78 is 0. The molecule has 4 aromatic heterocycles. The minimum absolute atomic E-state index is 0.945. The van der Waals surface area contributed by atoms with Crippen LogP contribution in [-0.2, 0) is 0 Å². The monoisotopic (exact) mass is 490 g/mol. The molecule has 0 saturated heterocycles. The zero-order chi connectivity index (χ0) is 26.0. The Hall–Kier alpha value is -4.70. The van der Waals surface area contributed by atoms with E-state index in [0.717, 1.165) is 77.3 Å². The van der Waals surface area contributed by atoms with Crippen molar-refractivity contribution >= 4 is 43.6 Å². The van der Waals surface area contributed by atoms with Crippen molar-refractivity contribution in [2.75, 3.05) is 0 Å². The van der Waals surface area contributed by atoms with Crippen molar-refractivity contribution in [1.82, 2.24) is 19.9 Å². The van der Waals surface area contributed by atoms with Crippen LogP contribution in [0, 0.1) is 27.7 Å². The minimum Gasteiger partial charge on any atom is -0.254 e. The number of benzene rings is 3. The molecule has 0 fully saturated rings. The van der Waals surface area contributed by atoms with E-state index in [-0.39, 0.29) is 0 Å². The number of hydrogen-bond donors (Lipinski definition) is 0. The number of nitrogens with zero attached hydrogens (tertiary/aromatic N) is 4. The van der Waals surface area contributed by atoms with Gasteiger partial charge in [0.25, 0.3) is 0 Å². The van der Waals surface area contributed by atoms with Gasteiger partial charge in [-0.05, 0) is 79.8 Å². The van der Waals surface area contributed by atoms with E-state index in [4.69, 9.17) is 19.9 Å². The van der Waals surface area contributed by atoms with E-state index >= 15 is 0 Å². The summed E-state index contributed by atoms with van der Waals surface area (Å²) in [6.07, 6.45) is 3.85. The van der Waals surface area contributed by atoms with E-state index in [0.29, 0.717) is 0 Å². The molecule has 7 aromatic rings. The lowest BCUT2D eigenvalue weighted by molar-refractivity contribution is 1.23. The summed E-state index contributed by atoms with van der Waals surface area (Å²) in [6, 6.07) is 25.9. The van der Waals surface area contributed by atoms with Gasteiger partial charge in [0, 0.05) is 50.9 Å². The lowest BCUT2D eigenvalue weighted by atomic mass is 9.96. The maximum atomic E-state index is 4.85. The van der Waals surface area contributed by atoms with Crippen LogP contribution >= 0.6 is 0 Å². The van der Waals surface area contributed by atoms with E-state index in [1.54, 1.807) is 0 Å². The highest BCUT2D eigenvalue weighted by atomic mass is 14.8. The molecule has 0 bridgehead atoms. The Morgan fingerprint density at radius 2 is 1.08 bits per heavy atom. The van der Waals surface area contributed by atoms with E-state index in [1.807, 2.05) is 26.2 Å². The lowest BCUT2D eigenvalue weighted by Gasteiger charge is -2.11. The van der Waals surface area contributed by atoms with Crippen LogP contribution in [0.5, 0.6) is 0 Å². The molecule has 0 atom stereocenters. The fraction of sp³-hybridized carbons (Fsp3) is 0.118. The average molecular weight is 491 g/mol. The van der Waals surface area contributed by atoms with Crippen LogP contribution in [0.3, 0.4) is 0 Å². The van der Waals surface area contributed by atoms with Crippen molar-refractivity contribution < 1.29 is 0 Å². The first-order valence-corrected chi connectivity index (χ1v) is 12.9. The summed E-state index contributed by atoms with van der Waals surface area (Å²) in [5, 5.41) is 4.52. The summed E-state index contributed by atoms with van der Waals surface area (Å²) in [7, 11) is 0. The molecule has 7 rings (SSSR count). The van der Waals surface area contributed by atoms with Gasteiger partial charge in [-0.2, -0.15) is 0 Å². The summed E-state index contributed by atoms with van der Waals surface area (Å²) in [5.41, 5.74) is 12.8. The van der Waals surface area contributed by atoms with Gasteiger partial charge in [0.15, 0.2) is 0 Å². The van der Waals surface area contributed by atoms with Crippen LogP contribution in [0.1, 0.15) is 22.5 Å². The van der Waals surface area contributed by atoms with Crippen molar-refractivity contribution in [3.8, 4) is 22.3 Å². The van der Waals surface area contributed by atoms with Gasteiger partial charge in [0.2, 0.25) is 0 Å². The Morgan fingerprint density at radius 3 is 1.79 bits per heavy atom. The normalized spacial score (nSPS) is 11.7. The Bertz CT molecular complexity index is 2060. The second-order valence-corrected chi connectivity index (χ2v) is 10.2. The highest BCUT2D eigenvalue weighted by molar-refractivity contribution is 6.09. The first-order valence-electron chi connectivity index (χ1n) is 12.9. The standard InChI is InChI=1S/C34H26N4/c1-19-15-21(3)37-33-27(19)10-9-25-17-26(18-36-31(25)33)23-5-7-24(8-6-23)29-13-14-35-32-30(29)12-11-28-20(2)16-22(4)38-34(28)32/h5-18H,1-4H3. The summed E-state index contributed by atoms with van der Waals surface area (Å²) in [5.74, 6) is 0. The summed E-state index contributed by atoms with van der Waals surface area (Å²) >= 11 is 0. The van der Waals surface area contributed by atoms with Gasteiger partial charge in [0.05, 0.1) is 22.1 Å². The Labute approximate surface area is 221 Å². The molecule has 0 spiro atoms. The predicted molar refractivity (Wildman–Crippen MR) is 157 cm³/mol. The molecular weight excluding hydrogens is 464 g/mol. The van der Waals surface area contributed by atoms with Crippen LogP contribution < -0.4 is 0 Å². The molecule has 182 valence electrons. The molecule has 0 unspecified atom stereocenters. The molecule has 0 radical (unpaired) electrons. The first-order chi connectivity index (χ1) is 18.5. The van der Waals surface area contributed by atoms with E-state index in [9.17, 15) is 0 Å². The number of fused-ring (bicyclic) bond motifs is 6. The maximum absolute atomic E-state index is 4.85. The van der Waals surface area contributed by atoms with E-state index in [1.165, 1.54) is 11.1 Å². The lowest BCUT2D eigenvalue weighted by Crippen LogP contribution is -1.92. The Kier molecular flexibility index (Phi) is 4.98. The van der Waals surface area contributed by atoms with Gasteiger partial charge >= 0.3 is 0 Å². The van der Waals surface area contributed by atoms with E-state index < -0.39 is 0 Å². The fourth-order valence-electron chi connectivity index (χ4n) is 5.70. The largest absolute Gasteiger partial charge is 0.254 e. The van der Waals surface area contributed by atoms with Crippen molar-refractivity contribution in [2.45, 2.75) is 27.7 Å². The predicted octanol–water partition coefficient (Wildman–Crippen LogP) is 8.45. The molecule has 4 nitrogen and oxygen atoms in total. The third-order valence-electron chi connectivity index (χ3n) is 7.52. The molecule has 0 aliphatic rings. The van der Waals surface area contributed by atoms with Crippen molar-refractivity contribution in [2.24, 2.45) is 0 Å². The van der Waals surface area contributed by atoms with Gasteiger partial charge in [-0.1, -0.05) is 48.5 Å². The molecule has 0 aliphatic carbocycles. The molecule has 4 heteroatoms. The summed E-state index contributed by atoms with van der Waals surface area (Å²) in [4.78, 5) is 19.2. The maximum Gasteiger partial charge on any atom is 0.0970 e. The molecule has 38 heavy (non-hydrogen) atoms. The van der Waals surface area contributed by atoms with Crippen LogP contribution in [0.4, 0.5) is 0 Å². The van der Waals surface area contributed by atoms with Crippen molar-refractivity contribution in [3.63, 3.8) is 0 Å². The SMILES string of the molecule is Cc1cc(C)c2ccc3cc(-c4ccc(-c5ccnc6c5ccc5c(C)cc(C)nc56)cc4)cnc3c2n1. The summed E-state index contributed by atoms with van der Waals surface area (Å²) in [6.45, 7) is 8.34. The minimum atomic E-state index is 0.945. The fourth-order valence-corrected chi connectivity index (χ4v) is 5.70. The van der Waals surface area contributed by atoms with Crippen LogP contribution in [0.2, 0.25) is 0 Å². The van der Waals surface area contributed by atoms with Crippen LogP contribution in [0.25, 0.3) is 65.9 Å². The third-order valence-corrected chi connectivity index (χ3v) is 7.52.